The standard InChI is InChI=1S/C22H16F7N3O7/c23-10-5-11(24)18(26)19(17(10)25)39-8-14(33)13(6-16(35)36)31-15(34)7-30-20(37)21(38)32-12-4-2-1-3-9(12)22(27,28)29/h1-5,13H,6-8H2,(H,30,37)(H,31,34)(H,32,38)(H,35,36)/t13-/m0/s1. The van der Waals surface area contributed by atoms with Gasteiger partial charge in [-0.3, -0.25) is 24.0 Å². The smallest absolute Gasteiger partial charge is 0.418 e. The number of para-hydroxylation sites is 1. The third-order valence-electron chi connectivity index (χ3n) is 4.63. The summed E-state index contributed by atoms with van der Waals surface area (Å²) in [5.74, 6) is -16.7. The van der Waals surface area contributed by atoms with Gasteiger partial charge in [0.2, 0.25) is 17.5 Å². The number of anilines is 1. The van der Waals surface area contributed by atoms with Gasteiger partial charge < -0.3 is 25.8 Å². The molecule has 1 atom stereocenters. The fourth-order valence-corrected chi connectivity index (χ4v) is 2.85. The van der Waals surface area contributed by atoms with Crippen LogP contribution in [0.2, 0.25) is 0 Å². The quantitative estimate of drug-likeness (QED) is 0.195. The highest BCUT2D eigenvalue weighted by Crippen LogP contribution is 2.34. The number of amides is 3. The third-order valence-corrected chi connectivity index (χ3v) is 4.63. The molecule has 3 amide bonds. The molecule has 0 aromatic heterocycles. The van der Waals surface area contributed by atoms with Crippen molar-refractivity contribution in [2.75, 3.05) is 18.5 Å². The Labute approximate surface area is 213 Å². The van der Waals surface area contributed by atoms with Gasteiger partial charge in [-0.25, -0.2) is 8.78 Å². The number of Topliss-reactive ketones (excluding diaryl/α,β-unsaturated/α-hetero) is 1. The van der Waals surface area contributed by atoms with E-state index in [1.165, 1.54) is 0 Å². The highest BCUT2D eigenvalue weighted by Gasteiger charge is 2.34. The van der Waals surface area contributed by atoms with Crippen molar-refractivity contribution in [2.45, 2.75) is 18.6 Å². The molecular weight excluding hydrogens is 551 g/mol. The summed E-state index contributed by atoms with van der Waals surface area (Å²) in [5.41, 5.74) is -2.02. The van der Waals surface area contributed by atoms with Crippen LogP contribution in [-0.2, 0) is 30.1 Å². The lowest BCUT2D eigenvalue weighted by Gasteiger charge is -2.17. The van der Waals surface area contributed by atoms with E-state index in [-0.39, 0.29) is 6.07 Å². The molecule has 0 unspecified atom stereocenters. The van der Waals surface area contributed by atoms with Crippen molar-refractivity contribution in [3.8, 4) is 5.75 Å². The number of carbonyl (C=O) groups is 5. The molecule has 0 spiro atoms. The van der Waals surface area contributed by atoms with Gasteiger partial charge in [-0.1, -0.05) is 12.1 Å². The first-order valence-corrected chi connectivity index (χ1v) is 10.4. The topological polar surface area (TPSA) is 151 Å². The SMILES string of the molecule is O=C(O)C[C@H](NC(=O)CNC(=O)C(=O)Nc1ccccc1C(F)(F)F)C(=O)COc1c(F)c(F)cc(F)c1F. The van der Waals surface area contributed by atoms with Crippen LogP contribution in [0.5, 0.6) is 5.75 Å². The van der Waals surface area contributed by atoms with Gasteiger partial charge >= 0.3 is 24.0 Å². The first kappa shape index (κ1) is 30.5. The molecule has 0 radical (unpaired) electrons. The number of carbonyl (C=O) groups excluding carboxylic acids is 4. The van der Waals surface area contributed by atoms with Crippen LogP contribution in [-0.4, -0.2) is 53.8 Å². The summed E-state index contributed by atoms with van der Waals surface area (Å²) in [6.45, 7) is -2.43. The van der Waals surface area contributed by atoms with E-state index in [1.807, 2.05) is 5.32 Å². The molecule has 17 heteroatoms. The number of carboxylic acids is 1. The maximum Gasteiger partial charge on any atom is 0.418 e. The predicted molar refractivity (Wildman–Crippen MR) is 114 cm³/mol. The van der Waals surface area contributed by atoms with E-state index in [0.29, 0.717) is 6.07 Å². The Morgan fingerprint density at radius 1 is 0.923 bits per heavy atom. The van der Waals surface area contributed by atoms with Crippen molar-refractivity contribution in [3.05, 3.63) is 59.2 Å². The first-order valence-electron chi connectivity index (χ1n) is 10.4. The molecule has 10 nitrogen and oxygen atoms in total. The molecule has 0 aliphatic carbocycles. The van der Waals surface area contributed by atoms with Crippen LogP contribution >= 0.6 is 0 Å². The molecule has 0 saturated heterocycles. The fourth-order valence-electron chi connectivity index (χ4n) is 2.85. The Balaban J connectivity index is 1.99. The molecule has 39 heavy (non-hydrogen) atoms. The van der Waals surface area contributed by atoms with Crippen molar-refractivity contribution in [1.29, 1.82) is 0 Å². The minimum absolute atomic E-state index is 0.129. The number of nitrogens with one attached hydrogen (secondary N) is 3. The number of ketones is 1. The van der Waals surface area contributed by atoms with Crippen LogP contribution in [0.15, 0.2) is 30.3 Å². The van der Waals surface area contributed by atoms with Crippen LogP contribution in [0, 0.1) is 23.3 Å². The highest BCUT2D eigenvalue weighted by molar-refractivity contribution is 6.40. The number of alkyl halides is 3. The average molecular weight is 567 g/mol. The van der Waals surface area contributed by atoms with Gasteiger partial charge in [0.15, 0.2) is 23.2 Å². The number of hydrogen-bond acceptors (Lipinski definition) is 6. The summed E-state index contributed by atoms with van der Waals surface area (Å²) in [6, 6.07) is 1.61. The van der Waals surface area contributed by atoms with Gasteiger partial charge in [-0.2, -0.15) is 22.0 Å². The maximum atomic E-state index is 13.7. The van der Waals surface area contributed by atoms with E-state index in [4.69, 9.17) is 5.11 Å². The first-order chi connectivity index (χ1) is 18.1. The Morgan fingerprint density at radius 2 is 1.51 bits per heavy atom. The van der Waals surface area contributed by atoms with Crippen LogP contribution in [0.1, 0.15) is 12.0 Å². The maximum absolute atomic E-state index is 13.7. The molecule has 210 valence electrons. The molecule has 2 aromatic carbocycles. The second-order valence-corrected chi connectivity index (χ2v) is 7.45. The number of aliphatic carboxylic acids is 1. The van der Waals surface area contributed by atoms with E-state index < -0.39 is 102 Å². The third kappa shape index (κ3) is 8.41. The zero-order chi connectivity index (χ0) is 29.5. The van der Waals surface area contributed by atoms with Gasteiger partial charge in [0.25, 0.3) is 0 Å². The molecule has 0 aliphatic rings. The zero-order valence-corrected chi connectivity index (χ0v) is 19.1. The lowest BCUT2D eigenvalue weighted by Crippen LogP contribution is -2.49. The van der Waals surface area contributed by atoms with E-state index in [1.54, 1.807) is 10.6 Å². The van der Waals surface area contributed by atoms with Crippen LogP contribution in [0.25, 0.3) is 0 Å². The summed E-state index contributed by atoms with van der Waals surface area (Å²) in [7, 11) is 0. The van der Waals surface area contributed by atoms with Gasteiger partial charge in [-0.05, 0) is 12.1 Å². The number of hydrogen-bond donors (Lipinski definition) is 4. The van der Waals surface area contributed by atoms with Crippen molar-refractivity contribution in [2.24, 2.45) is 0 Å². The molecule has 4 N–H and O–H groups in total. The average Bonchev–Trinajstić information content (AvgIpc) is 2.84. The number of ether oxygens (including phenoxy) is 1. The van der Waals surface area contributed by atoms with Crippen molar-refractivity contribution >= 4 is 35.2 Å². The lowest BCUT2D eigenvalue weighted by molar-refractivity contribution is -0.140. The molecule has 0 heterocycles. The fraction of sp³-hybridized carbons (Fsp3) is 0.227. The molecule has 0 saturated carbocycles. The second kappa shape index (κ2) is 12.7. The van der Waals surface area contributed by atoms with E-state index >= 15 is 0 Å². The molecule has 2 aromatic rings. The predicted octanol–water partition coefficient (Wildman–Crippen LogP) is 1.92. The Bertz CT molecular complexity index is 1280. The Kier molecular flexibility index (Phi) is 9.94. The zero-order valence-electron chi connectivity index (χ0n) is 19.1. The van der Waals surface area contributed by atoms with Gasteiger partial charge in [0, 0.05) is 6.07 Å². The lowest BCUT2D eigenvalue weighted by atomic mass is 10.1. The van der Waals surface area contributed by atoms with Crippen LogP contribution in [0.3, 0.4) is 0 Å². The second-order valence-electron chi connectivity index (χ2n) is 7.45. The highest BCUT2D eigenvalue weighted by atomic mass is 19.4. The monoisotopic (exact) mass is 567 g/mol. The van der Waals surface area contributed by atoms with Crippen LogP contribution < -0.4 is 20.7 Å². The summed E-state index contributed by atoms with van der Waals surface area (Å²) < 4.78 is 97.3. The Morgan fingerprint density at radius 3 is 2.08 bits per heavy atom. The van der Waals surface area contributed by atoms with Gasteiger partial charge in [0.05, 0.1) is 24.2 Å². The Hall–Kier alpha value is -4.70. The van der Waals surface area contributed by atoms with Gasteiger partial charge in [0.1, 0.15) is 12.6 Å². The van der Waals surface area contributed by atoms with E-state index in [9.17, 15) is 54.7 Å². The molecule has 0 bridgehead atoms. The molecular formula is C22H16F7N3O7. The largest absolute Gasteiger partial charge is 0.481 e. The van der Waals surface area contributed by atoms with E-state index in [2.05, 4.69) is 4.74 Å². The number of carboxylic acid groups (broad SMARTS) is 1. The minimum Gasteiger partial charge on any atom is -0.481 e. The minimum atomic E-state index is -4.87. The summed E-state index contributed by atoms with van der Waals surface area (Å²) in [4.78, 5) is 59.2. The number of benzene rings is 2. The molecule has 0 aliphatic heterocycles. The van der Waals surface area contributed by atoms with Gasteiger partial charge in [-0.15, -0.1) is 0 Å². The normalized spacial score (nSPS) is 11.8. The molecule has 2 rings (SSSR count). The number of rotatable bonds is 10. The number of halogens is 7. The van der Waals surface area contributed by atoms with Crippen molar-refractivity contribution in [3.63, 3.8) is 0 Å². The summed E-state index contributed by atoms with van der Waals surface area (Å²) >= 11 is 0. The van der Waals surface area contributed by atoms with E-state index in [0.717, 1.165) is 18.2 Å². The van der Waals surface area contributed by atoms with Crippen molar-refractivity contribution < 1.29 is 64.5 Å². The summed E-state index contributed by atoms with van der Waals surface area (Å²) in [5, 5.41) is 14.2. The summed E-state index contributed by atoms with van der Waals surface area (Å²) in [6.07, 6.45) is -5.98. The van der Waals surface area contributed by atoms with Crippen molar-refractivity contribution in [1.82, 2.24) is 10.6 Å². The molecule has 0 fully saturated rings. The van der Waals surface area contributed by atoms with Crippen LogP contribution in [0.4, 0.5) is 36.4 Å².